The fraction of sp³-hybridized carbons (Fsp3) is 0.571. The van der Waals surface area contributed by atoms with Crippen molar-refractivity contribution in [3.05, 3.63) is 24.2 Å². The number of nitrogens with one attached hydrogen (secondary N) is 1. The Bertz CT molecular complexity index is 444. The molecule has 1 saturated heterocycles. The molecule has 2 N–H and O–H groups in total. The smallest absolute Gasteiger partial charge is 0.286 e. The predicted molar refractivity (Wildman–Crippen MR) is 72.1 cm³/mol. The quantitative estimate of drug-likeness (QED) is 0.754. The zero-order valence-corrected chi connectivity index (χ0v) is 11.4. The molecule has 0 spiro atoms. The van der Waals surface area contributed by atoms with Gasteiger partial charge in [-0.25, -0.2) is 0 Å². The molecule has 1 aromatic heterocycles. The Kier molecular flexibility index (Phi) is 5.17. The number of hydrogen-bond donors (Lipinski definition) is 2. The lowest BCUT2D eigenvalue weighted by atomic mass is 10.2. The topological polar surface area (TPSA) is 82.8 Å². The van der Waals surface area contributed by atoms with E-state index in [4.69, 9.17) is 4.42 Å². The van der Waals surface area contributed by atoms with Crippen molar-refractivity contribution < 1.29 is 19.1 Å². The van der Waals surface area contributed by atoms with E-state index >= 15 is 0 Å². The Morgan fingerprint density at radius 2 is 2.35 bits per heavy atom. The van der Waals surface area contributed by atoms with Gasteiger partial charge in [-0.1, -0.05) is 0 Å². The van der Waals surface area contributed by atoms with Gasteiger partial charge in [0.25, 0.3) is 5.91 Å². The first-order chi connectivity index (χ1) is 9.72. The number of carbonyl (C=O) groups excluding carboxylic acids is 2. The van der Waals surface area contributed by atoms with Crippen molar-refractivity contribution in [2.45, 2.75) is 31.7 Å². The van der Waals surface area contributed by atoms with Crippen LogP contribution >= 0.6 is 0 Å². The van der Waals surface area contributed by atoms with Crippen LogP contribution in [0.25, 0.3) is 0 Å². The van der Waals surface area contributed by atoms with Gasteiger partial charge in [-0.3, -0.25) is 9.59 Å². The minimum absolute atomic E-state index is 0.0276. The van der Waals surface area contributed by atoms with Gasteiger partial charge in [0.2, 0.25) is 5.91 Å². The van der Waals surface area contributed by atoms with Crippen LogP contribution in [0.5, 0.6) is 0 Å². The Hall–Kier alpha value is -1.82. The third-order valence-corrected chi connectivity index (χ3v) is 3.51. The van der Waals surface area contributed by atoms with Crippen molar-refractivity contribution in [1.82, 2.24) is 10.2 Å². The van der Waals surface area contributed by atoms with Crippen molar-refractivity contribution in [3.63, 3.8) is 0 Å². The summed E-state index contributed by atoms with van der Waals surface area (Å²) >= 11 is 0. The summed E-state index contributed by atoms with van der Waals surface area (Å²) in [5, 5.41) is 11.9. The lowest BCUT2D eigenvalue weighted by Gasteiger charge is -2.22. The second-order valence-electron chi connectivity index (χ2n) is 4.90. The maximum atomic E-state index is 12.0. The SMILES string of the molecule is O=C(NCCCC(=O)N1CCC[C@@H]1CO)c1ccco1. The molecular formula is C14H20N2O4. The fourth-order valence-electron chi connectivity index (χ4n) is 2.43. The molecule has 2 amide bonds. The minimum atomic E-state index is -0.267. The van der Waals surface area contributed by atoms with Crippen LogP contribution in [0.1, 0.15) is 36.2 Å². The second kappa shape index (κ2) is 7.09. The summed E-state index contributed by atoms with van der Waals surface area (Å²) in [5.74, 6) is 0.0573. The first-order valence-electron chi connectivity index (χ1n) is 6.94. The normalized spacial score (nSPS) is 18.2. The highest BCUT2D eigenvalue weighted by Gasteiger charge is 2.27. The molecule has 0 radical (unpaired) electrons. The molecule has 0 aliphatic carbocycles. The van der Waals surface area contributed by atoms with E-state index in [-0.39, 0.29) is 30.2 Å². The van der Waals surface area contributed by atoms with Crippen LogP contribution in [0.4, 0.5) is 0 Å². The third kappa shape index (κ3) is 3.60. The molecule has 1 atom stereocenters. The number of rotatable bonds is 6. The van der Waals surface area contributed by atoms with E-state index in [0.717, 1.165) is 19.4 Å². The summed E-state index contributed by atoms with van der Waals surface area (Å²) in [4.78, 5) is 25.3. The Morgan fingerprint density at radius 1 is 1.50 bits per heavy atom. The molecule has 2 heterocycles. The van der Waals surface area contributed by atoms with E-state index in [1.807, 2.05) is 0 Å². The molecule has 6 nitrogen and oxygen atoms in total. The predicted octanol–water partition coefficient (Wildman–Crippen LogP) is 0.773. The molecule has 0 bridgehead atoms. The first kappa shape index (κ1) is 14.6. The molecule has 0 saturated carbocycles. The van der Waals surface area contributed by atoms with Crippen LogP contribution in [-0.4, -0.2) is 47.6 Å². The molecule has 0 aromatic carbocycles. The number of aliphatic hydroxyl groups is 1. The summed E-state index contributed by atoms with van der Waals surface area (Å²) in [7, 11) is 0. The highest BCUT2D eigenvalue weighted by Crippen LogP contribution is 2.17. The Morgan fingerprint density at radius 3 is 3.05 bits per heavy atom. The number of amides is 2. The van der Waals surface area contributed by atoms with Crippen LogP contribution in [0.2, 0.25) is 0 Å². The summed E-state index contributed by atoms with van der Waals surface area (Å²) in [6.07, 6.45) is 4.24. The summed E-state index contributed by atoms with van der Waals surface area (Å²) < 4.78 is 4.97. The zero-order chi connectivity index (χ0) is 14.4. The molecular weight excluding hydrogens is 260 g/mol. The standard InChI is InChI=1S/C14H20N2O4/c17-10-11-4-2-8-16(11)13(18)6-1-7-15-14(19)12-5-3-9-20-12/h3,5,9,11,17H,1-2,4,6-8,10H2,(H,15,19)/t11-/m1/s1. The lowest BCUT2D eigenvalue weighted by Crippen LogP contribution is -2.37. The van der Waals surface area contributed by atoms with Gasteiger partial charge in [0, 0.05) is 19.5 Å². The van der Waals surface area contributed by atoms with Crippen molar-refractivity contribution >= 4 is 11.8 Å². The highest BCUT2D eigenvalue weighted by molar-refractivity contribution is 5.91. The van der Waals surface area contributed by atoms with Gasteiger partial charge >= 0.3 is 0 Å². The van der Waals surface area contributed by atoms with Crippen molar-refractivity contribution in [2.24, 2.45) is 0 Å². The summed E-state index contributed by atoms with van der Waals surface area (Å²) in [6, 6.07) is 3.22. The van der Waals surface area contributed by atoms with Gasteiger partial charge in [-0.15, -0.1) is 0 Å². The average Bonchev–Trinajstić information content (AvgIpc) is 3.12. The van der Waals surface area contributed by atoms with Crippen LogP contribution in [0.3, 0.4) is 0 Å². The zero-order valence-electron chi connectivity index (χ0n) is 11.4. The third-order valence-electron chi connectivity index (χ3n) is 3.51. The van der Waals surface area contributed by atoms with Crippen LogP contribution in [0.15, 0.2) is 22.8 Å². The van der Waals surface area contributed by atoms with Crippen LogP contribution in [0, 0.1) is 0 Å². The van der Waals surface area contributed by atoms with Gasteiger partial charge in [0.15, 0.2) is 5.76 Å². The molecule has 0 unspecified atom stereocenters. The number of hydrogen-bond acceptors (Lipinski definition) is 4. The number of aliphatic hydroxyl groups excluding tert-OH is 1. The van der Waals surface area contributed by atoms with E-state index in [1.54, 1.807) is 17.0 Å². The fourth-order valence-corrected chi connectivity index (χ4v) is 2.43. The second-order valence-corrected chi connectivity index (χ2v) is 4.90. The van der Waals surface area contributed by atoms with Gasteiger partial charge in [-0.2, -0.15) is 0 Å². The lowest BCUT2D eigenvalue weighted by molar-refractivity contribution is -0.132. The number of nitrogens with zero attached hydrogens (tertiary/aromatic N) is 1. The molecule has 1 aliphatic heterocycles. The van der Waals surface area contributed by atoms with Gasteiger partial charge < -0.3 is 19.7 Å². The van der Waals surface area contributed by atoms with Crippen molar-refractivity contribution in [1.29, 1.82) is 0 Å². The molecule has 6 heteroatoms. The van der Waals surface area contributed by atoms with E-state index in [1.165, 1.54) is 6.26 Å². The first-order valence-corrected chi connectivity index (χ1v) is 6.94. The van der Waals surface area contributed by atoms with Gasteiger partial charge in [0.05, 0.1) is 18.9 Å². The Balaban J connectivity index is 1.66. The van der Waals surface area contributed by atoms with E-state index in [9.17, 15) is 14.7 Å². The van der Waals surface area contributed by atoms with Crippen molar-refractivity contribution in [3.8, 4) is 0 Å². The van der Waals surface area contributed by atoms with Crippen molar-refractivity contribution in [2.75, 3.05) is 19.7 Å². The Labute approximate surface area is 117 Å². The summed E-state index contributed by atoms with van der Waals surface area (Å²) in [5.41, 5.74) is 0. The van der Waals surface area contributed by atoms with Crippen LogP contribution < -0.4 is 5.32 Å². The molecule has 1 aromatic rings. The van der Waals surface area contributed by atoms with Crippen LogP contribution in [-0.2, 0) is 4.79 Å². The number of furan rings is 1. The largest absolute Gasteiger partial charge is 0.459 e. The van der Waals surface area contributed by atoms with E-state index in [0.29, 0.717) is 19.4 Å². The molecule has 1 aliphatic rings. The maximum Gasteiger partial charge on any atom is 0.286 e. The highest BCUT2D eigenvalue weighted by atomic mass is 16.3. The molecule has 2 rings (SSSR count). The molecule has 20 heavy (non-hydrogen) atoms. The number of carbonyl (C=O) groups is 2. The molecule has 1 fully saturated rings. The van der Waals surface area contributed by atoms with Gasteiger partial charge in [-0.05, 0) is 31.4 Å². The number of likely N-dealkylation sites (tertiary alicyclic amines) is 1. The van der Waals surface area contributed by atoms with E-state index in [2.05, 4.69) is 5.32 Å². The minimum Gasteiger partial charge on any atom is -0.459 e. The van der Waals surface area contributed by atoms with E-state index < -0.39 is 0 Å². The monoisotopic (exact) mass is 280 g/mol. The maximum absolute atomic E-state index is 12.0. The molecule has 110 valence electrons. The average molecular weight is 280 g/mol. The van der Waals surface area contributed by atoms with Gasteiger partial charge in [0.1, 0.15) is 0 Å². The summed E-state index contributed by atoms with van der Waals surface area (Å²) in [6.45, 7) is 1.19.